The number of rotatable bonds is 5. The minimum absolute atomic E-state index is 0.296. The summed E-state index contributed by atoms with van der Waals surface area (Å²) in [6.07, 6.45) is -3.34. The number of halogens is 3. The zero-order valence-corrected chi connectivity index (χ0v) is 15.3. The second kappa shape index (κ2) is 7.93. The summed E-state index contributed by atoms with van der Waals surface area (Å²) in [5.41, 5.74) is -1.26. The number of piperidine rings is 1. The molecule has 1 atom stereocenters. The first-order chi connectivity index (χ1) is 12.1. The quantitative estimate of drug-likeness (QED) is 0.796. The number of sulfonamides is 1. The maximum atomic E-state index is 13.1. The molecule has 0 spiro atoms. The Kier molecular flexibility index (Phi) is 6.30. The van der Waals surface area contributed by atoms with Gasteiger partial charge in [-0.1, -0.05) is 12.1 Å². The molecule has 6 nitrogen and oxygen atoms in total. The van der Waals surface area contributed by atoms with Crippen LogP contribution in [0.2, 0.25) is 0 Å². The zero-order chi connectivity index (χ0) is 19.5. The first-order valence-corrected chi connectivity index (χ1v) is 9.69. The molecule has 1 unspecified atom stereocenters. The first-order valence-electron chi connectivity index (χ1n) is 8.21. The summed E-state index contributed by atoms with van der Waals surface area (Å²) in [7, 11) is -2.67. The average Bonchev–Trinajstić information content (AvgIpc) is 2.60. The van der Waals surface area contributed by atoms with E-state index in [1.807, 2.05) is 7.05 Å². The minimum Gasteiger partial charge on any atom is -0.341 e. The van der Waals surface area contributed by atoms with E-state index in [1.165, 1.54) is 17.9 Å². The van der Waals surface area contributed by atoms with Gasteiger partial charge in [0.15, 0.2) is 0 Å². The van der Waals surface area contributed by atoms with Crippen LogP contribution in [-0.4, -0.2) is 51.4 Å². The van der Waals surface area contributed by atoms with Crippen molar-refractivity contribution in [3.8, 4) is 0 Å². The highest BCUT2D eigenvalue weighted by Crippen LogP contribution is 2.33. The van der Waals surface area contributed by atoms with Crippen LogP contribution in [0.15, 0.2) is 29.2 Å². The summed E-state index contributed by atoms with van der Waals surface area (Å²) in [4.78, 5) is 13.1. The number of alkyl halides is 3. The van der Waals surface area contributed by atoms with Crippen LogP contribution in [0.1, 0.15) is 25.3 Å². The first kappa shape index (κ1) is 20.7. The summed E-state index contributed by atoms with van der Waals surface area (Å²) < 4.78 is 66.1. The molecule has 1 heterocycles. The molecule has 2 N–H and O–H groups in total. The van der Waals surface area contributed by atoms with Gasteiger partial charge < -0.3 is 10.2 Å². The number of likely N-dealkylation sites (tertiary alicyclic amines) is 1. The van der Waals surface area contributed by atoms with Crippen LogP contribution >= 0.6 is 0 Å². The molecule has 146 valence electrons. The van der Waals surface area contributed by atoms with E-state index in [2.05, 4.69) is 10.0 Å². The highest BCUT2D eigenvalue weighted by atomic mass is 32.2. The van der Waals surface area contributed by atoms with Gasteiger partial charge in [0.1, 0.15) is 0 Å². The smallest absolute Gasteiger partial charge is 0.341 e. The predicted octanol–water partition coefficient (Wildman–Crippen LogP) is 1.58. The van der Waals surface area contributed by atoms with Gasteiger partial charge in [-0.05, 0) is 38.9 Å². The van der Waals surface area contributed by atoms with Crippen LogP contribution in [0.3, 0.4) is 0 Å². The van der Waals surface area contributed by atoms with E-state index in [1.54, 1.807) is 0 Å². The second-order valence-electron chi connectivity index (χ2n) is 6.23. The van der Waals surface area contributed by atoms with Gasteiger partial charge >= 0.3 is 6.18 Å². The van der Waals surface area contributed by atoms with E-state index in [9.17, 15) is 26.4 Å². The highest BCUT2D eigenvalue weighted by Gasteiger charge is 2.38. The molecule has 1 aromatic rings. The lowest BCUT2D eigenvalue weighted by Crippen LogP contribution is -2.51. The van der Waals surface area contributed by atoms with Crippen molar-refractivity contribution in [2.45, 2.75) is 42.9 Å². The van der Waals surface area contributed by atoms with Crippen molar-refractivity contribution in [2.75, 3.05) is 20.1 Å². The molecule has 0 aliphatic carbocycles. The van der Waals surface area contributed by atoms with Crippen molar-refractivity contribution >= 4 is 15.9 Å². The third-order valence-corrected chi connectivity index (χ3v) is 6.00. The summed E-state index contributed by atoms with van der Waals surface area (Å²) in [5, 5.41) is 3.12. The molecular weight excluding hydrogens is 371 g/mol. The number of nitrogens with zero attached hydrogens (tertiary/aromatic N) is 1. The molecule has 1 aliphatic rings. The Morgan fingerprint density at radius 3 is 2.35 bits per heavy atom. The number of carbonyl (C=O) groups is 1. The van der Waals surface area contributed by atoms with Crippen molar-refractivity contribution in [1.82, 2.24) is 14.9 Å². The average molecular weight is 393 g/mol. The second-order valence-corrected chi connectivity index (χ2v) is 7.91. The number of carbonyl (C=O) groups excluding carboxylic acids is 1. The van der Waals surface area contributed by atoms with E-state index in [4.69, 9.17) is 0 Å². The molecule has 1 fully saturated rings. The van der Waals surface area contributed by atoms with E-state index >= 15 is 0 Å². The van der Waals surface area contributed by atoms with Crippen molar-refractivity contribution < 1.29 is 26.4 Å². The Bertz CT molecular complexity index is 745. The summed E-state index contributed by atoms with van der Waals surface area (Å²) in [6, 6.07) is 3.03. The third-order valence-electron chi connectivity index (χ3n) is 4.40. The molecular formula is C16H22F3N3O3S. The minimum atomic E-state index is -4.81. The molecule has 1 saturated heterocycles. The van der Waals surface area contributed by atoms with Crippen molar-refractivity contribution in [2.24, 2.45) is 0 Å². The van der Waals surface area contributed by atoms with Crippen LogP contribution in [0, 0.1) is 0 Å². The largest absolute Gasteiger partial charge is 0.417 e. The molecule has 10 heteroatoms. The van der Waals surface area contributed by atoms with E-state index in [0.717, 1.165) is 25.0 Å². The standard InChI is InChI=1S/C16H22F3N3O3S/c1-11(15(23)22-9-7-12(20-2)8-10-22)21-26(24,25)14-6-4-3-5-13(14)16(17,18)19/h3-6,11-12,20-21H,7-10H2,1-2H3. The highest BCUT2D eigenvalue weighted by molar-refractivity contribution is 7.89. The van der Waals surface area contributed by atoms with Gasteiger partial charge in [0.25, 0.3) is 0 Å². The lowest BCUT2D eigenvalue weighted by atomic mass is 10.0. The Morgan fingerprint density at radius 1 is 1.23 bits per heavy atom. The molecule has 0 aromatic heterocycles. The molecule has 0 radical (unpaired) electrons. The van der Waals surface area contributed by atoms with Crippen LogP contribution < -0.4 is 10.0 Å². The van der Waals surface area contributed by atoms with Crippen LogP contribution in [0.5, 0.6) is 0 Å². The monoisotopic (exact) mass is 393 g/mol. The lowest BCUT2D eigenvalue weighted by Gasteiger charge is -2.33. The fourth-order valence-corrected chi connectivity index (χ4v) is 4.37. The fraction of sp³-hybridized carbons (Fsp3) is 0.562. The number of hydrogen-bond donors (Lipinski definition) is 2. The number of hydrogen-bond acceptors (Lipinski definition) is 4. The maximum absolute atomic E-state index is 13.1. The number of nitrogens with one attached hydrogen (secondary N) is 2. The summed E-state index contributed by atoms with van der Waals surface area (Å²) in [6.45, 7) is 2.27. The zero-order valence-electron chi connectivity index (χ0n) is 14.5. The van der Waals surface area contributed by atoms with Crippen LogP contribution in [0.4, 0.5) is 13.2 Å². The van der Waals surface area contributed by atoms with Gasteiger partial charge in [0, 0.05) is 19.1 Å². The Morgan fingerprint density at radius 2 is 1.81 bits per heavy atom. The van der Waals surface area contributed by atoms with Crippen molar-refractivity contribution in [1.29, 1.82) is 0 Å². The summed E-state index contributed by atoms with van der Waals surface area (Å²) in [5.74, 6) is -0.451. The van der Waals surface area contributed by atoms with Gasteiger partial charge in [0.2, 0.25) is 15.9 Å². The molecule has 2 rings (SSSR count). The van der Waals surface area contributed by atoms with E-state index in [-0.39, 0.29) is 0 Å². The SMILES string of the molecule is CNC1CCN(C(=O)C(C)NS(=O)(=O)c2ccccc2C(F)(F)F)CC1. The van der Waals surface area contributed by atoms with Gasteiger partial charge in [-0.15, -0.1) is 0 Å². The Hall–Kier alpha value is -1.65. The van der Waals surface area contributed by atoms with E-state index in [0.29, 0.717) is 25.2 Å². The fourth-order valence-electron chi connectivity index (χ4n) is 2.94. The lowest BCUT2D eigenvalue weighted by molar-refractivity contribution is -0.139. The van der Waals surface area contributed by atoms with Gasteiger partial charge in [-0.25, -0.2) is 8.42 Å². The van der Waals surface area contributed by atoms with Crippen molar-refractivity contribution in [3.05, 3.63) is 29.8 Å². The molecule has 0 saturated carbocycles. The van der Waals surface area contributed by atoms with Crippen LogP contribution in [-0.2, 0) is 21.0 Å². The maximum Gasteiger partial charge on any atom is 0.417 e. The van der Waals surface area contributed by atoms with Crippen molar-refractivity contribution in [3.63, 3.8) is 0 Å². The van der Waals surface area contributed by atoms with Gasteiger partial charge in [-0.2, -0.15) is 17.9 Å². The predicted molar refractivity (Wildman–Crippen MR) is 89.9 cm³/mol. The number of amides is 1. The third kappa shape index (κ3) is 4.74. The van der Waals surface area contributed by atoms with Crippen LogP contribution in [0.25, 0.3) is 0 Å². The molecule has 0 bridgehead atoms. The molecule has 1 aromatic carbocycles. The summed E-state index contributed by atoms with van der Waals surface area (Å²) >= 11 is 0. The topological polar surface area (TPSA) is 78.5 Å². The Balaban J connectivity index is 2.13. The normalized spacial score (nSPS) is 18.0. The van der Waals surface area contributed by atoms with Gasteiger partial charge in [0.05, 0.1) is 16.5 Å². The molecule has 1 aliphatic heterocycles. The van der Waals surface area contributed by atoms with E-state index < -0.39 is 38.6 Å². The molecule has 26 heavy (non-hydrogen) atoms. The Labute approximate surface area is 150 Å². The van der Waals surface area contributed by atoms with Gasteiger partial charge in [-0.3, -0.25) is 4.79 Å². The molecule has 1 amide bonds. The number of benzene rings is 1.